The molecule has 1 fully saturated rings. The molecule has 2 aliphatic rings. The van der Waals surface area contributed by atoms with Gasteiger partial charge in [0.25, 0.3) is 0 Å². The summed E-state index contributed by atoms with van der Waals surface area (Å²) in [4.78, 5) is 25.2. The molecule has 0 spiro atoms. The van der Waals surface area contributed by atoms with E-state index in [9.17, 15) is 9.59 Å². The quantitative estimate of drug-likeness (QED) is 0.796. The lowest BCUT2D eigenvalue weighted by atomic mass is 9.92. The van der Waals surface area contributed by atoms with Crippen LogP contribution in [-0.2, 0) is 35.3 Å². The van der Waals surface area contributed by atoms with Crippen LogP contribution in [-0.4, -0.2) is 35.5 Å². The van der Waals surface area contributed by atoms with E-state index in [2.05, 4.69) is 9.88 Å². The Kier molecular flexibility index (Phi) is 5.67. The summed E-state index contributed by atoms with van der Waals surface area (Å²) in [6, 6.07) is 3.74. The first-order valence-electron chi connectivity index (χ1n) is 10.3. The molecule has 1 aliphatic heterocycles. The van der Waals surface area contributed by atoms with Crippen LogP contribution in [0.25, 0.3) is 0 Å². The highest BCUT2D eigenvalue weighted by Gasteiger charge is 2.30. The van der Waals surface area contributed by atoms with Gasteiger partial charge in [0.05, 0.1) is 18.8 Å². The highest BCUT2D eigenvalue weighted by Crippen LogP contribution is 2.31. The topological polar surface area (TPSA) is 73.5 Å². The van der Waals surface area contributed by atoms with Crippen molar-refractivity contribution in [3.63, 3.8) is 0 Å². The van der Waals surface area contributed by atoms with E-state index in [1.807, 2.05) is 19.1 Å². The Morgan fingerprint density at radius 2 is 2.21 bits per heavy atom. The van der Waals surface area contributed by atoms with Crippen LogP contribution >= 0.6 is 0 Å². The molecule has 1 aliphatic carbocycles. The summed E-state index contributed by atoms with van der Waals surface area (Å²) in [5, 5.41) is 2.96. The third-order valence-electron chi connectivity index (χ3n) is 5.88. The molecule has 0 aromatic carbocycles. The highest BCUT2D eigenvalue weighted by molar-refractivity contribution is 6.01. The zero-order valence-corrected chi connectivity index (χ0v) is 16.5. The van der Waals surface area contributed by atoms with E-state index in [4.69, 9.17) is 9.15 Å². The van der Waals surface area contributed by atoms with Crippen molar-refractivity contribution in [3.05, 3.63) is 46.7 Å². The summed E-state index contributed by atoms with van der Waals surface area (Å²) < 4.78 is 13.4. The standard InChI is InChI=1S/C22H28N2O4/c1-15-18(13-21(26)23-10-9-16-5-3-11-27-16)22-19(7-2-8-20(22)25)24(15)14-17-6-4-12-28-17/h3,5,11,17H,2,4,6-10,12-14H2,1H3,(H,23,26)/t17-/m1/s1. The molecule has 1 atom stereocenters. The number of carbonyl (C=O) groups excluding carboxylic acids is 2. The summed E-state index contributed by atoms with van der Waals surface area (Å²) in [5.74, 6) is 0.977. The number of rotatable bonds is 7. The lowest BCUT2D eigenvalue weighted by molar-refractivity contribution is -0.120. The van der Waals surface area contributed by atoms with Gasteiger partial charge in [-0.1, -0.05) is 0 Å². The van der Waals surface area contributed by atoms with E-state index in [1.165, 1.54) is 0 Å². The van der Waals surface area contributed by atoms with Gasteiger partial charge in [0, 0.05) is 49.5 Å². The van der Waals surface area contributed by atoms with Crippen LogP contribution in [0, 0.1) is 6.92 Å². The number of hydrogen-bond donors (Lipinski definition) is 1. The molecule has 2 aromatic heterocycles. The van der Waals surface area contributed by atoms with Crippen molar-refractivity contribution in [2.24, 2.45) is 0 Å². The number of Topliss-reactive ketones (excluding diaryl/α,β-unsaturated/α-hetero) is 1. The van der Waals surface area contributed by atoms with Crippen molar-refractivity contribution < 1.29 is 18.7 Å². The van der Waals surface area contributed by atoms with Crippen molar-refractivity contribution in [1.82, 2.24) is 9.88 Å². The molecule has 0 bridgehead atoms. The number of nitrogens with one attached hydrogen (secondary N) is 1. The van der Waals surface area contributed by atoms with Crippen LogP contribution in [0.2, 0.25) is 0 Å². The van der Waals surface area contributed by atoms with Crippen molar-refractivity contribution in [3.8, 4) is 0 Å². The number of fused-ring (bicyclic) bond motifs is 1. The van der Waals surface area contributed by atoms with Crippen molar-refractivity contribution in [2.45, 2.75) is 64.5 Å². The van der Waals surface area contributed by atoms with Crippen molar-refractivity contribution in [1.29, 1.82) is 0 Å². The van der Waals surface area contributed by atoms with Gasteiger partial charge in [-0.15, -0.1) is 0 Å². The minimum absolute atomic E-state index is 0.0508. The number of amides is 1. The molecule has 6 heteroatoms. The minimum atomic E-state index is -0.0508. The lowest BCUT2D eigenvalue weighted by Crippen LogP contribution is -2.28. The van der Waals surface area contributed by atoms with Gasteiger partial charge in [-0.05, 0) is 50.3 Å². The second-order valence-electron chi connectivity index (χ2n) is 7.76. The summed E-state index contributed by atoms with van der Waals surface area (Å²) in [6.45, 7) is 4.16. The van der Waals surface area contributed by atoms with Gasteiger partial charge >= 0.3 is 0 Å². The average molecular weight is 384 g/mol. The SMILES string of the molecule is Cc1c(CC(=O)NCCc2ccco2)c2c(n1C[C@H]1CCCO1)CCCC2=O. The minimum Gasteiger partial charge on any atom is -0.469 e. The predicted molar refractivity (Wildman–Crippen MR) is 105 cm³/mol. The van der Waals surface area contributed by atoms with Crippen LogP contribution < -0.4 is 5.32 Å². The molecule has 0 saturated carbocycles. The van der Waals surface area contributed by atoms with Crippen molar-refractivity contribution in [2.75, 3.05) is 13.2 Å². The molecule has 28 heavy (non-hydrogen) atoms. The second kappa shape index (κ2) is 8.35. The molecule has 4 rings (SSSR count). The Balaban J connectivity index is 1.49. The summed E-state index contributed by atoms with van der Waals surface area (Å²) in [5.41, 5.74) is 3.83. The Bertz CT molecular complexity index is 845. The van der Waals surface area contributed by atoms with E-state index in [-0.39, 0.29) is 24.2 Å². The molecule has 1 amide bonds. The smallest absolute Gasteiger partial charge is 0.224 e. The van der Waals surface area contributed by atoms with E-state index < -0.39 is 0 Å². The fourth-order valence-corrected chi connectivity index (χ4v) is 4.44. The zero-order valence-electron chi connectivity index (χ0n) is 16.5. The van der Waals surface area contributed by atoms with Crippen LogP contribution in [0.5, 0.6) is 0 Å². The number of ether oxygens (including phenoxy) is 1. The molecule has 150 valence electrons. The van der Waals surface area contributed by atoms with Gasteiger partial charge in [-0.2, -0.15) is 0 Å². The molecule has 3 heterocycles. The van der Waals surface area contributed by atoms with Crippen LogP contribution in [0.4, 0.5) is 0 Å². The third-order valence-corrected chi connectivity index (χ3v) is 5.88. The lowest BCUT2D eigenvalue weighted by Gasteiger charge is -2.18. The maximum atomic E-state index is 12.7. The number of aromatic nitrogens is 1. The first-order chi connectivity index (χ1) is 13.6. The van der Waals surface area contributed by atoms with E-state index in [1.54, 1.807) is 6.26 Å². The Hall–Kier alpha value is -2.34. The van der Waals surface area contributed by atoms with Crippen LogP contribution in [0.3, 0.4) is 0 Å². The molecule has 2 aromatic rings. The molecule has 6 nitrogen and oxygen atoms in total. The monoisotopic (exact) mass is 384 g/mol. The van der Waals surface area contributed by atoms with E-state index >= 15 is 0 Å². The average Bonchev–Trinajstić information content (AvgIpc) is 3.41. The van der Waals surface area contributed by atoms with Crippen LogP contribution in [0.15, 0.2) is 22.8 Å². The zero-order chi connectivity index (χ0) is 19.5. The number of furan rings is 1. The van der Waals surface area contributed by atoms with Gasteiger partial charge in [0.2, 0.25) is 5.91 Å². The van der Waals surface area contributed by atoms with Crippen LogP contribution in [0.1, 0.15) is 58.8 Å². The number of ketones is 1. The predicted octanol–water partition coefficient (Wildman–Crippen LogP) is 2.99. The number of carbonyl (C=O) groups is 2. The largest absolute Gasteiger partial charge is 0.469 e. The first kappa shape index (κ1) is 19.0. The normalized spacial score (nSPS) is 19.0. The highest BCUT2D eigenvalue weighted by atomic mass is 16.5. The Labute approximate surface area is 165 Å². The molecule has 1 N–H and O–H groups in total. The molecule has 1 saturated heterocycles. The molecular formula is C22H28N2O4. The van der Waals surface area contributed by atoms with Crippen molar-refractivity contribution >= 4 is 11.7 Å². The van der Waals surface area contributed by atoms with Gasteiger partial charge < -0.3 is 19.0 Å². The summed E-state index contributed by atoms with van der Waals surface area (Å²) >= 11 is 0. The summed E-state index contributed by atoms with van der Waals surface area (Å²) in [7, 11) is 0. The second-order valence-corrected chi connectivity index (χ2v) is 7.76. The fourth-order valence-electron chi connectivity index (χ4n) is 4.44. The van der Waals surface area contributed by atoms with Gasteiger partial charge in [-0.3, -0.25) is 9.59 Å². The van der Waals surface area contributed by atoms with Gasteiger partial charge in [0.15, 0.2) is 5.78 Å². The molecular weight excluding hydrogens is 356 g/mol. The molecule has 0 radical (unpaired) electrons. The number of hydrogen-bond acceptors (Lipinski definition) is 4. The van der Waals surface area contributed by atoms with Gasteiger partial charge in [-0.25, -0.2) is 0 Å². The maximum Gasteiger partial charge on any atom is 0.224 e. The van der Waals surface area contributed by atoms with Gasteiger partial charge in [0.1, 0.15) is 5.76 Å². The van der Waals surface area contributed by atoms with E-state index in [0.717, 1.165) is 67.1 Å². The number of nitrogens with zero attached hydrogens (tertiary/aromatic N) is 1. The first-order valence-corrected chi connectivity index (χ1v) is 10.3. The maximum absolute atomic E-state index is 12.7. The van der Waals surface area contributed by atoms with E-state index in [0.29, 0.717) is 19.4 Å². The fraction of sp³-hybridized carbons (Fsp3) is 0.545. The Morgan fingerprint density at radius 1 is 1.32 bits per heavy atom. The molecule has 0 unspecified atom stereocenters. The summed E-state index contributed by atoms with van der Waals surface area (Å²) in [6.07, 6.45) is 7.26. The Morgan fingerprint density at radius 3 is 2.96 bits per heavy atom. The third kappa shape index (κ3) is 3.92.